The summed E-state index contributed by atoms with van der Waals surface area (Å²) in [6, 6.07) is 0. The standard InChI is InChI=1S/C6H5N5O2/c1-10-6(13)11-3-7-4(2-12)5(11)8-9-10/h2-3H,1H3. The third-order valence-electron chi connectivity index (χ3n) is 1.64. The molecule has 0 aliphatic heterocycles. The molecule has 0 fully saturated rings. The van der Waals surface area contributed by atoms with Gasteiger partial charge in [0.1, 0.15) is 12.0 Å². The highest BCUT2D eigenvalue weighted by Gasteiger charge is 2.07. The second-order valence-electron chi connectivity index (χ2n) is 2.44. The van der Waals surface area contributed by atoms with Gasteiger partial charge >= 0.3 is 5.69 Å². The van der Waals surface area contributed by atoms with Gasteiger partial charge in [0.15, 0.2) is 11.9 Å². The SMILES string of the molecule is Cn1nnc2c(C=O)ncn2c1=O. The maximum absolute atomic E-state index is 11.3. The minimum Gasteiger partial charge on any atom is -0.296 e. The van der Waals surface area contributed by atoms with Crippen LogP contribution in [0.25, 0.3) is 5.65 Å². The molecule has 2 heterocycles. The molecule has 0 saturated carbocycles. The first-order valence-electron chi connectivity index (χ1n) is 3.46. The van der Waals surface area contributed by atoms with Crippen LogP contribution in [0.2, 0.25) is 0 Å². The number of carbonyl (C=O) groups is 1. The fourth-order valence-corrected chi connectivity index (χ4v) is 0.982. The van der Waals surface area contributed by atoms with Crippen LogP contribution in [0.15, 0.2) is 11.1 Å². The van der Waals surface area contributed by atoms with Crippen LogP contribution in [-0.2, 0) is 7.05 Å². The zero-order chi connectivity index (χ0) is 9.42. The largest absolute Gasteiger partial charge is 0.352 e. The first kappa shape index (κ1) is 7.59. The predicted octanol–water partition coefficient (Wildman–Crippen LogP) is -1.36. The quantitative estimate of drug-likeness (QED) is 0.505. The molecule has 0 saturated heterocycles. The molecule has 0 unspecified atom stereocenters. The number of aromatic nitrogens is 5. The summed E-state index contributed by atoms with van der Waals surface area (Å²) in [4.78, 5) is 25.4. The number of fused-ring (bicyclic) bond motifs is 1. The van der Waals surface area contributed by atoms with Gasteiger partial charge in [-0.25, -0.2) is 14.2 Å². The average Bonchev–Trinajstić information content (AvgIpc) is 2.55. The van der Waals surface area contributed by atoms with E-state index in [9.17, 15) is 9.59 Å². The Morgan fingerprint density at radius 2 is 2.31 bits per heavy atom. The third-order valence-corrected chi connectivity index (χ3v) is 1.64. The predicted molar refractivity (Wildman–Crippen MR) is 41.4 cm³/mol. The van der Waals surface area contributed by atoms with E-state index in [0.29, 0.717) is 6.29 Å². The number of imidazole rings is 1. The van der Waals surface area contributed by atoms with Crippen molar-refractivity contribution in [1.29, 1.82) is 0 Å². The van der Waals surface area contributed by atoms with Gasteiger partial charge in [-0.15, -0.1) is 5.10 Å². The van der Waals surface area contributed by atoms with Gasteiger partial charge in [-0.1, -0.05) is 5.21 Å². The van der Waals surface area contributed by atoms with Gasteiger partial charge in [-0.05, 0) is 0 Å². The van der Waals surface area contributed by atoms with E-state index in [1.165, 1.54) is 13.4 Å². The van der Waals surface area contributed by atoms with Crippen molar-refractivity contribution in [3.8, 4) is 0 Å². The second kappa shape index (κ2) is 2.47. The lowest BCUT2D eigenvalue weighted by atomic mass is 10.5. The molecular weight excluding hydrogens is 174 g/mol. The molecule has 0 bridgehead atoms. The third kappa shape index (κ3) is 0.934. The number of carbonyl (C=O) groups excluding carboxylic acids is 1. The van der Waals surface area contributed by atoms with Crippen LogP contribution in [0.4, 0.5) is 0 Å². The van der Waals surface area contributed by atoms with Gasteiger partial charge in [-0.3, -0.25) is 4.79 Å². The minimum absolute atomic E-state index is 0.116. The van der Waals surface area contributed by atoms with E-state index < -0.39 is 0 Å². The van der Waals surface area contributed by atoms with Crippen molar-refractivity contribution in [2.75, 3.05) is 0 Å². The molecule has 0 radical (unpaired) electrons. The topological polar surface area (TPSA) is 82.2 Å². The highest BCUT2D eigenvalue weighted by atomic mass is 16.2. The first-order valence-corrected chi connectivity index (χ1v) is 3.46. The highest BCUT2D eigenvalue weighted by molar-refractivity contribution is 5.80. The number of nitrogens with zero attached hydrogens (tertiary/aromatic N) is 5. The molecule has 0 aromatic carbocycles. The van der Waals surface area contributed by atoms with Crippen molar-refractivity contribution in [2.24, 2.45) is 7.05 Å². The Labute approximate surface area is 71.6 Å². The molecule has 0 aliphatic carbocycles. The molecule has 0 N–H and O–H groups in total. The lowest BCUT2D eigenvalue weighted by Gasteiger charge is -1.94. The van der Waals surface area contributed by atoms with Crippen molar-refractivity contribution in [3.63, 3.8) is 0 Å². The molecule has 0 amide bonds. The van der Waals surface area contributed by atoms with Crippen LogP contribution in [0.3, 0.4) is 0 Å². The average molecular weight is 179 g/mol. The molecule has 2 aromatic heterocycles. The second-order valence-corrected chi connectivity index (χ2v) is 2.44. The first-order chi connectivity index (χ1) is 6.24. The maximum Gasteiger partial charge on any atom is 0.352 e. The van der Waals surface area contributed by atoms with E-state index in [1.54, 1.807) is 0 Å². The van der Waals surface area contributed by atoms with Gasteiger partial charge in [0, 0.05) is 7.05 Å². The van der Waals surface area contributed by atoms with Crippen LogP contribution < -0.4 is 5.69 Å². The maximum atomic E-state index is 11.3. The monoisotopic (exact) mass is 179 g/mol. The van der Waals surface area contributed by atoms with Gasteiger partial charge in [-0.2, -0.15) is 4.68 Å². The summed E-state index contributed by atoms with van der Waals surface area (Å²) in [7, 11) is 1.47. The fourth-order valence-electron chi connectivity index (χ4n) is 0.982. The number of hydrogen-bond acceptors (Lipinski definition) is 5. The Hall–Kier alpha value is -2.05. The van der Waals surface area contributed by atoms with Crippen molar-refractivity contribution >= 4 is 11.9 Å². The van der Waals surface area contributed by atoms with Crippen molar-refractivity contribution in [2.45, 2.75) is 0 Å². The van der Waals surface area contributed by atoms with E-state index in [1.807, 2.05) is 0 Å². The Morgan fingerprint density at radius 3 is 3.00 bits per heavy atom. The van der Waals surface area contributed by atoms with Crippen LogP contribution in [0, 0.1) is 0 Å². The summed E-state index contributed by atoms with van der Waals surface area (Å²) in [5.74, 6) is 0. The summed E-state index contributed by atoms with van der Waals surface area (Å²) in [5, 5.41) is 7.18. The van der Waals surface area contributed by atoms with E-state index in [0.717, 1.165) is 9.08 Å². The van der Waals surface area contributed by atoms with Gasteiger partial charge in [0.05, 0.1) is 0 Å². The van der Waals surface area contributed by atoms with Gasteiger partial charge < -0.3 is 0 Å². The minimum atomic E-state index is -0.384. The Balaban J connectivity index is 2.97. The fraction of sp³-hybridized carbons (Fsp3) is 0.167. The Kier molecular flexibility index (Phi) is 1.44. The van der Waals surface area contributed by atoms with Crippen molar-refractivity contribution in [3.05, 3.63) is 22.5 Å². The smallest absolute Gasteiger partial charge is 0.296 e. The Bertz CT molecular complexity index is 525. The van der Waals surface area contributed by atoms with Gasteiger partial charge in [0.25, 0.3) is 0 Å². The normalized spacial score (nSPS) is 10.5. The molecule has 7 heteroatoms. The van der Waals surface area contributed by atoms with Gasteiger partial charge in [0.2, 0.25) is 0 Å². The van der Waals surface area contributed by atoms with E-state index in [4.69, 9.17) is 0 Å². The summed E-state index contributed by atoms with van der Waals surface area (Å²) >= 11 is 0. The lowest BCUT2D eigenvalue weighted by Crippen LogP contribution is -2.27. The molecule has 13 heavy (non-hydrogen) atoms. The summed E-state index contributed by atoms with van der Waals surface area (Å²) in [6.45, 7) is 0. The van der Waals surface area contributed by atoms with Crippen LogP contribution in [0.1, 0.15) is 10.5 Å². The summed E-state index contributed by atoms with van der Waals surface area (Å²) in [5.41, 5.74) is -0.0890. The summed E-state index contributed by atoms with van der Waals surface area (Å²) in [6.07, 6.45) is 1.78. The van der Waals surface area contributed by atoms with Crippen LogP contribution >= 0.6 is 0 Å². The van der Waals surface area contributed by atoms with E-state index >= 15 is 0 Å². The number of hydrogen-bond donors (Lipinski definition) is 0. The molecule has 0 atom stereocenters. The molecule has 66 valence electrons. The van der Waals surface area contributed by atoms with Crippen molar-refractivity contribution < 1.29 is 4.79 Å². The molecule has 2 rings (SSSR count). The van der Waals surface area contributed by atoms with Crippen molar-refractivity contribution in [1.82, 2.24) is 24.4 Å². The zero-order valence-corrected chi connectivity index (χ0v) is 6.71. The zero-order valence-electron chi connectivity index (χ0n) is 6.71. The lowest BCUT2D eigenvalue weighted by molar-refractivity contribution is 0.112. The number of aryl methyl sites for hydroxylation is 1. The highest BCUT2D eigenvalue weighted by Crippen LogP contribution is 1.97. The number of aldehydes is 1. The molecule has 2 aromatic rings. The van der Waals surface area contributed by atoms with E-state index in [2.05, 4.69) is 15.3 Å². The number of rotatable bonds is 1. The Morgan fingerprint density at radius 1 is 1.54 bits per heavy atom. The molecular formula is C6H5N5O2. The van der Waals surface area contributed by atoms with Crippen LogP contribution in [0.5, 0.6) is 0 Å². The molecule has 0 spiro atoms. The molecule has 7 nitrogen and oxygen atoms in total. The molecule has 0 aliphatic rings. The summed E-state index contributed by atoms with van der Waals surface area (Å²) < 4.78 is 2.22. The van der Waals surface area contributed by atoms with E-state index in [-0.39, 0.29) is 17.0 Å². The van der Waals surface area contributed by atoms with Crippen LogP contribution in [-0.4, -0.2) is 30.7 Å².